The largest absolute Gasteiger partial charge is 0.334 e. The standard InChI is InChI=1S/C20H30N4O.2ClH/c1-22-11-13-23(14-12-22)19(16-5-3-2-4-6-16)20(25)24-17-7-8-18(24)15-21-10-9-17;;/h2-6,17-19,21H,7-15H2,1H3;2*1H. The fourth-order valence-electron chi connectivity index (χ4n) is 4.71. The van der Waals surface area contributed by atoms with E-state index in [0.717, 1.165) is 57.7 Å². The van der Waals surface area contributed by atoms with Crippen LogP contribution >= 0.6 is 24.8 Å². The predicted molar refractivity (Wildman–Crippen MR) is 114 cm³/mol. The number of halogens is 2. The van der Waals surface area contributed by atoms with Crippen LogP contribution in [0.25, 0.3) is 0 Å². The molecule has 152 valence electrons. The van der Waals surface area contributed by atoms with Crippen molar-refractivity contribution in [2.45, 2.75) is 37.4 Å². The van der Waals surface area contributed by atoms with E-state index < -0.39 is 0 Å². The van der Waals surface area contributed by atoms with E-state index in [1.807, 2.05) is 6.07 Å². The van der Waals surface area contributed by atoms with Gasteiger partial charge >= 0.3 is 0 Å². The van der Waals surface area contributed by atoms with Crippen molar-refractivity contribution in [3.8, 4) is 0 Å². The lowest BCUT2D eigenvalue weighted by molar-refractivity contribution is -0.140. The molecular weight excluding hydrogens is 383 g/mol. The van der Waals surface area contributed by atoms with Gasteiger partial charge in [-0.2, -0.15) is 0 Å². The van der Waals surface area contributed by atoms with Crippen LogP contribution in [0.1, 0.15) is 30.9 Å². The molecule has 4 rings (SSSR count). The van der Waals surface area contributed by atoms with Crippen molar-refractivity contribution in [1.82, 2.24) is 20.0 Å². The first-order valence-corrected chi connectivity index (χ1v) is 9.74. The third kappa shape index (κ3) is 4.77. The molecule has 1 aromatic rings. The molecule has 1 aromatic carbocycles. The van der Waals surface area contributed by atoms with E-state index in [4.69, 9.17) is 0 Å². The second-order valence-electron chi connectivity index (χ2n) is 7.78. The van der Waals surface area contributed by atoms with Crippen LogP contribution in [0.5, 0.6) is 0 Å². The number of carbonyl (C=O) groups excluding carboxylic acids is 1. The second kappa shape index (κ2) is 10.1. The number of nitrogens with one attached hydrogen (secondary N) is 1. The summed E-state index contributed by atoms with van der Waals surface area (Å²) in [6.07, 6.45) is 3.41. The molecule has 3 aliphatic heterocycles. The average Bonchev–Trinajstić information content (AvgIpc) is 2.90. The summed E-state index contributed by atoms with van der Waals surface area (Å²) in [6.45, 7) is 5.98. The Kier molecular flexibility index (Phi) is 8.38. The Balaban J connectivity index is 0.00000131. The summed E-state index contributed by atoms with van der Waals surface area (Å²) in [5.41, 5.74) is 1.15. The van der Waals surface area contributed by atoms with E-state index in [1.165, 1.54) is 6.42 Å². The molecule has 0 aliphatic carbocycles. The van der Waals surface area contributed by atoms with Gasteiger partial charge in [-0.1, -0.05) is 30.3 Å². The van der Waals surface area contributed by atoms with E-state index in [2.05, 4.69) is 51.3 Å². The van der Waals surface area contributed by atoms with Gasteiger partial charge in [0.05, 0.1) is 0 Å². The monoisotopic (exact) mass is 414 g/mol. The molecule has 2 bridgehead atoms. The molecule has 3 fully saturated rings. The smallest absolute Gasteiger partial charge is 0.245 e. The fraction of sp³-hybridized carbons (Fsp3) is 0.650. The summed E-state index contributed by atoms with van der Waals surface area (Å²) in [7, 11) is 2.16. The fourth-order valence-corrected chi connectivity index (χ4v) is 4.71. The number of rotatable bonds is 3. The van der Waals surface area contributed by atoms with E-state index in [-0.39, 0.29) is 30.9 Å². The lowest BCUT2D eigenvalue weighted by Crippen LogP contribution is -2.53. The van der Waals surface area contributed by atoms with E-state index in [9.17, 15) is 4.79 Å². The second-order valence-corrected chi connectivity index (χ2v) is 7.78. The first kappa shape index (κ1) is 22.4. The Morgan fingerprint density at radius 2 is 1.67 bits per heavy atom. The minimum atomic E-state index is -0.129. The van der Waals surface area contributed by atoms with Crippen molar-refractivity contribution < 1.29 is 4.79 Å². The first-order valence-electron chi connectivity index (χ1n) is 9.74. The highest BCUT2D eigenvalue weighted by molar-refractivity contribution is 5.86. The van der Waals surface area contributed by atoms with E-state index in [1.54, 1.807) is 0 Å². The molecule has 0 radical (unpaired) electrons. The minimum Gasteiger partial charge on any atom is -0.334 e. The Labute approximate surface area is 175 Å². The Hall–Kier alpha value is -0.850. The van der Waals surface area contributed by atoms with E-state index >= 15 is 0 Å². The molecule has 7 heteroatoms. The van der Waals surface area contributed by atoms with Gasteiger partial charge in [-0.3, -0.25) is 9.69 Å². The van der Waals surface area contributed by atoms with Crippen LogP contribution in [0.2, 0.25) is 0 Å². The highest BCUT2D eigenvalue weighted by atomic mass is 35.5. The van der Waals surface area contributed by atoms with Gasteiger partial charge in [-0.15, -0.1) is 24.8 Å². The van der Waals surface area contributed by atoms with Crippen LogP contribution < -0.4 is 5.32 Å². The molecule has 3 unspecified atom stereocenters. The number of fused-ring (bicyclic) bond motifs is 2. The summed E-state index contributed by atoms with van der Waals surface area (Å²) >= 11 is 0. The topological polar surface area (TPSA) is 38.8 Å². The number of piperazine rings is 1. The number of benzene rings is 1. The Morgan fingerprint density at radius 1 is 1.00 bits per heavy atom. The predicted octanol–water partition coefficient (Wildman–Crippen LogP) is 2.17. The third-order valence-electron chi connectivity index (χ3n) is 6.16. The molecule has 0 aromatic heterocycles. The first-order chi connectivity index (χ1) is 12.2. The summed E-state index contributed by atoms with van der Waals surface area (Å²) < 4.78 is 0. The minimum absolute atomic E-state index is 0. The average molecular weight is 415 g/mol. The normalized spacial score (nSPS) is 27.2. The van der Waals surface area contributed by atoms with Crippen molar-refractivity contribution in [3.63, 3.8) is 0 Å². The summed E-state index contributed by atoms with van der Waals surface area (Å²) in [6, 6.07) is 11.1. The lowest BCUT2D eigenvalue weighted by Gasteiger charge is -2.40. The number of likely N-dealkylation sites (N-methyl/N-ethyl adjacent to an activating group) is 1. The van der Waals surface area contributed by atoms with Crippen LogP contribution in [-0.2, 0) is 4.79 Å². The van der Waals surface area contributed by atoms with E-state index in [0.29, 0.717) is 18.0 Å². The van der Waals surface area contributed by atoms with Crippen LogP contribution in [0, 0.1) is 0 Å². The molecule has 3 atom stereocenters. The zero-order valence-electron chi connectivity index (χ0n) is 16.0. The number of amides is 1. The molecule has 3 aliphatic rings. The van der Waals surface area contributed by atoms with Crippen molar-refractivity contribution >= 4 is 30.7 Å². The van der Waals surface area contributed by atoms with Gasteiger partial charge in [0.15, 0.2) is 0 Å². The van der Waals surface area contributed by atoms with Crippen LogP contribution in [0.3, 0.4) is 0 Å². The summed E-state index contributed by atoms with van der Waals surface area (Å²) in [4.78, 5) is 20.7. The summed E-state index contributed by atoms with van der Waals surface area (Å²) in [5, 5.41) is 3.51. The zero-order valence-corrected chi connectivity index (χ0v) is 17.7. The number of carbonyl (C=O) groups is 1. The SMILES string of the molecule is CN1CCN(C(C(=O)N2C3CCNCC2CC3)c2ccccc2)CC1.Cl.Cl. The quantitative estimate of drug-likeness (QED) is 0.822. The van der Waals surface area contributed by atoms with Gasteiger partial charge in [0.25, 0.3) is 0 Å². The van der Waals surface area contributed by atoms with Crippen molar-refractivity contribution in [3.05, 3.63) is 35.9 Å². The molecule has 5 nitrogen and oxygen atoms in total. The van der Waals surface area contributed by atoms with Gasteiger partial charge in [0.1, 0.15) is 6.04 Å². The summed E-state index contributed by atoms with van der Waals surface area (Å²) in [5.74, 6) is 0.326. The molecule has 1 N–H and O–H groups in total. The number of hydrogen-bond acceptors (Lipinski definition) is 4. The lowest BCUT2D eigenvalue weighted by atomic mass is 10.0. The van der Waals surface area contributed by atoms with Crippen LogP contribution in [-0.4, -0.2) is 79.0 Å². The molecule has 0 spiro atoms. The van der Waals surface area contributed by atoms with Crippen LogP contribution in [0.4, 0.5) is 0 Å². The third-order valence-corrected chi connectivity index (χ3v) is 6.16. The highest BCUT2D eigenvalue weighted by Gasteiger charge is 2.42. The maximum Gasteiger partial charge on any atom is 0.245 e. The van der Waals surface area contributed by atoms with Crippen molar-refractivity contribution in [2.24, 2.45) is 0 Å². The van der Waals surface area contributed by atoms with Crippen molar-refractivity contribution in [1.29, 1.82) is 0 Å². The Bertz CT molecular complexity index is 581. The molecule has 27 heavy (non-hydrogen) atoms. The zero-order chi connectivity index (χ0) is 17.2. The van der Waals surface area contributed by atoms with Gasteiger partial charge in [-0.25, -0.2) is 0 Å². The van der Waals surface area contributed by atoms with Crippen LogP contribution in [0.15, 0.2) is 30.3 Å². The molecule has 0 saturated carbocycles. The number of hydrogen-bond donors (Lipinski definition) is 1. The number of nitrogens with zero attached hydrogens (tertiary/aromatic N) is 3. The maximum absolute atomic E-state index is 13.7. The molecule has 1 amide bonds. The van der Waals surface area contributed by atoms with Gasteiger partial charge in [-0.05, 0) is 38.4 Å². The maximum atomic E-state index is 13.7. The molecule has 3 saturated heterocycles. The highest BCUT2D eigenvalue weighted by Crippen LogP contribution is 2.33. The van der Waals surface area contributed by atoms with Crippen molar-refractivity contribution in [2.75, 3.05) is 46.3 Å². The van der Waals surface area contributed by atoms with Gasteiger partial charge < -0.3 is 15.1 Å². The van der Waals surface area contributed by atoms with Gasteiger partial charge in [0.2, 0.25) is 5.91 Å². The molecule has 3 heterocycles. The van der Waals surface area contributed by atoms with Gasteiger partial charge in [0, 0.05) is 44.8 Å². The molecular formula is C20H32Cl2N4O. The Morgan fingerprint density at radius 3 is 2.37 bits per heavy atom.